The molecule has 27 heavy (non-hydrogen) atoms. The highest BCUT2D eigenvalue weighted by atomic mass is 19.2. The Kier molecular flexibility index (Phi) is 7.70. The van der Waals surface area contributed by atoms with Gasteiger partial charge >= 0.3 is 5.97 Å². The highest BCUT2D eigenvalue weighted by molar-refractivity contribution is 5.91. The average Bonchev–Trinajstić information content (AvgIpc) is 2.65. The normalized spacial score (nSPS) is 10.7. The maximum Gasteiger partial charge on any atom is 0.346 e. The van der Waals surface area contributed by atoms with Crippen LogP contribution < -0.4 is 9.47 Å². The average molecular weight is 380 g/mol. The van der Waals surface area contributed by atoms with Crippen LogP contribution in [0.5, 0.6) is 11.5 Å². The molecule has 3 nitrogen and oxygen atoms in total. The van der Waals surface area contributed by atoms with Gasteiger partial charge in [-0.1, -0.05) is 32.8 Å². The Bertz CT molecular complexity index is 790. The lowest BCUT2D eigenvalue weighted by atomic mass is 10.1. The molecule has 0 amide bonds. The van der Waals surface area contributed by atoms with Crippen molar-refractivity contribution in [2.75, 3.05) is 6.61 Å². The Balaban J connectivity index is 2.12. The number of halogens is 3. The number of hydrogen-bond acceptors (Lipinski definition) is 3. The van der Waals surface area contributed by atoms with Crippen molar-refractivity contribution >= 4 is 5.97 Å². The summed E-state index contributed by atoms with van der Waals surface area (Å²) in [6.07, 6.45) is 3.77. The van der Waals surface area contributed by atoms with E-state index in [-0.39, 0.29) is 16.9 Å². The first-order valence-electron chi connectivity index (χ1n) is 9.09. The molecule has 0 radical (unpaired) electrons. The third kappa shape index (κ3) is 5.49. The van der Waals surface area contributed by atoms with Crippen LogP contribution in [-0.4, -0.2) is 12.6 Å². The van der Waals surface area contributed by atoms with Crippen molar-refractivity contribution < 1.29 is 27.4 Å². The van der Waals surface area contributed by atoms with Crippen molar-refractivity contribution in [3.8, 4) is 11.5 Å². The number of aryl methyl sites for hydroxylation is 1. The number of unbranched alkanes of at least 4 members (excludes halogenated alkanes) is 2. The minimum absolute atomic E-state index is 0.226. The molecule has 0 aliphatic rings. The van der Waals surface area contributed by atoms with E-state index in [0.29, 0.717) is 13.0 Å². The molecule has 2 aromatic rings. The summed E-state index contributed by atoms with van der Waals surface area (Å²) < 4.78 is 52.6. The predicted molar refractivity (Wildman–Crippen MR) is 96.7 cm³/mol. The third-order valence-corrected chi connectivity index (χ3v) is 4.01. The quantitative estimate of drug-likeness (QED) is 0.311. The fourth-order valence-electron chi connectivity index (χ4n) is 2.54. The van der Waals surface area contributed by atoms with E-state index in [4.69, 9.17) is 9.47 Å². The molecule has 0 heterocycles. The molecule has 0 bridgehead atoms. The SMILES string of the molecule is CCCCCc1ccc(OC(=O)c2ccc(OCCC)cc2F)c(F)c1F. The fourth-order valence-corrected chi connectivity index (χ4v) is 2.54. The first kappa shape index (κ1) is 20.8. The Morgan fingerprint density at radius 1 is 0.963 bits per heavy atom. The Labute approximate surface area is 157 Å². The first-order valence-corrected chi connectivity index (χ1v) is 9.09. The summed E-state index contributed by atoms with van der Waals surface area (Å²) in [6.45, 7) is 4.34. The first-order chi connectivity index (χ1) is 13.0. The largest absolute Gasteiger partial charge is 0.494 e. The Morgan fingerprint density at radius 3 is 2.41 bits per heavy atom. The Morgan fingerprint density at radius 2 is 1.74 bits per heavy atom. The molecule has 0 aliphatic carbocycles. The van der Waals surface area contributed by atoms with Gasteiger partial charge in [0.2, 0.25) is 5.82 Å². The van der Waals surface area contributed by atoms with Gasteiger partial charge in [-0.25, -0.2) is 13.6 Å². The molecule has 0 aromatic heterocycles. The molecule has 0 saturated carbocycles. The number of rotatable bonds is 9. The monoisotopic (exact) mass is 380 g/mol. The van der Waals surface area contributed by atoms with Gasteiger partial charge in [-0.3, -0.25) is 0 Å². The van der Waals surface area contributed by atoms with Crippen molar-refractivity contribution in [3.05, 3.63) is 58.9 Å². The number of benzene rings is 2. The molecule has 0 unspecified atom stereocenters. The zero-order valence-electron chi connectivity index (χ0n) is 15.5. The molecule has 2 aromatic carbocycles. The molecule has 0 aliphatic heterocycles. The van der Waals surface area contributed by atoms with Gasteiger partial charge in [0, 0.05) is 6.07 Å². The van der Waals surface area contributed by atoms with Crippen LogP contribution in [0.25, 0.3) is 0 Å². The molecular formula is C21H23F3O3. The van der Waals surface area contributed by atoms with Gasteiger partial charge in [0.1, 0.15) is 11.6 Å². The van der Waals surface area contributed by atoms with Crippen LogP contribution >= 0.6 is 0 Å². The molecule has 0 saturated heterocycles. The van der Waals surface area contributed by atoms with Crippen molar-refractivity contribution in [2.45, 2.75) is 46.0 Å². The lowest BCUT2D eigenvalue weighted by Gasteiger charge is -2.10. The Hall–Kier alpha value is -2.50. The zero-order chi connectivity index (χ0) is 19.8. The van der Waals surface area contributed by atoms with E-state index in [1.807, 2.05) is 13.8 Å². The van der Waals surface area contributed by atoms with E-state index in [2.05, 4.69) is 0 Å². The minimum Gasteiger partial charge on any atom is -0.494 e. The van der Waals surface area contributed by atoms with Crippen molar-refractivity contribution in [3.63, 3.8) is 0 Å². The summed E-state index contributed by atoms with van der Waals surface area (Å²) in [7, 11) is 0. The molecule has 0 N–H and O–H groups in total. The van der Waals surface area contributed by atoms with Crippen molar-refractivity contribution in [2.24, 2.45) is 0 Å². The molecule has 146 valence electrons. The smallest absolute Gasteiger partial charge is 0.346 e. The van der Waals surface area contributed by atoms with E-state index in [1.165, 1.54) is 24.3 Å². The van der Waals surface area contributed by atoms with Crippen LogP contribution in [0.15, 0.2) is 30.3 Å². The van der Waals surface area contributed by atoms with Gasteiger partial charge in [-0.15, -0.1) is 0 Å². The van der Waals surface area contributed by atoms with Crippen LogP contribution in [0.1, 0.15) is 55.5 Å². The van der Waals surface area contributed by atoms with Crippen LogP contribution in [0.2, 0.25) is 0 Å². The van der Waals surface area contributed by atoms with E-state index >= 15 is 0 Å². The lowest BCUT2D eigenvalue weighted by molar-refractivity contribution is 0.0721. The second-order valence-corrected chi connectivity index (χ2v) is 6.19. The number of carbonyl (C=O) groups is 1. The van der Waals surface area contributed by atoms with Crippen LogP contribution in [0.4, 0.5) is 13.2 Å². The molecule has 0 fully saturated rings. The molecule has 2 rings (SSSR count). The summed E-state index contributed by atoms with van der Waals surface area (Å²) in [5.41, 5.74) is -0.157. The summed E-state index contributed by atoms with van der Waals surface area (Å²) in [5, 5.41) is 0. The third-order valence-electron chi connectivity index (χ3n) is 4.01. The highest BCUT2D eigenvalue weighted by Crippen LogP contribution is 2.26. The minimum atomic E-state index is -1.25. The van der Waals surface area contributed by atoms with Gasteiger partial charge in [-0.05, 0) is 43.0 Å². The van der Waals surface area contributed by atoms with E-state index in [9.17, 15) is 18.0 Å². The topological polar surface area (TPSA) is 35.5 Å². The number of hydrogen-bond donors (Lipinski definition) is 0. The highest BCUT2D eigenvalue weighted by Gasteiger charge is 2.20. The molecule has 0 atom stereocenters. The summed E-state index contributed by atoms with van der Waals surface area (Å²) in [4.78, 5) is 12.1. The molecular weight excluding hydrogens is 357 g/mol. The standard InChI is InChI=1S/C21H23F3O3/c1-3-5-6-7-14-8-11-18(20(24)19(14)23)27-21(25)16-10-9-15(13-17(16)22)26-12-4-2/h8-11,13H,3-7,12H2,1-2H3. The molecule has 0 spiro atoms. The second kappa shape index (κ2) is 10.00. The second-order valence-electron chi connectivity index (χ2n) is 6.19. The number of carbonyl (C=O) groups excluding carboxylic acids is 1. The van der Waals surface area contributed by atoms with Gasteiger partial charge < -0.3 is 9.47 Å². The van der Waals surface area contributed by atoms with Crippen LogP contribution in [0, 0.1) is 17.5 Å². The summed E-state index contributed by atoms with van der Waals surface area (Å²) in [5.74, 6) is -4.54. The van der Waals surface area contributed by atoms with Crippen LogP contribution in [0.3, 0.4) is 0 Å². The number of esters is 1. The van der Waals surface area contributed by atoms with Gasteiger partial charge in [-0.2, -0.15) is 4.39 Å². The lowest BCUT2D eigenvalue weighted by Crippen LogP contribution is -2.12. The van der Waals surface area contributed by atoms with E-state index in [0.717, 1.165) is 31.7 Å². The van der Waals surface area contributed by atoms with Crippen molar-refractivity contribution in [1.29, 1.82) is 0 Å². The van der Waals surface area contributed by atoms with Crippen LogP contribution in [-0.2, 0) is 6.42 Å². The maximum absolute atomic E-state index is 14.2. The number of ether oxygens (including phenoxy) is 2. The summed E-state index contributed by atoms with van der Waals surface area (Å²) >= 11 is 0. The van der Waals surface area contributed by atoms with Gasteiger partial charge in [0.25, 0.3) is 0 Å². The maximum atomic E-state index is 14.2. The van der Waals surface area contributed by atoms with Gasteiger partial charge in [0.15, 0.2) is 11.6 Å². The van der Waals surface area contributed by atoms with Crippen molar-refractivity contribution in [1.82, 2.24) is 0 Å². The summed E-state index contributed by atoms with van der Waals surface area (Å²) in [6, 6.07) is 6.24. The fraction of sp³-hybridized carbons (Fsp3) is 0.381. The van der Waals surface area contributed by atoms with E-state index in [1.54, 1.807) is 0 Å². The molecule has 6 heteroatoms. The predicted octanol–water partition coefficient (Wildman–Crippen LogP) is 5.84. The zero-order valence-corrected chi connectivity index (χ0v) is 15.5. The van der Waals surface area contributed by atoms with Gasteiger partial charge in [0.05, 0.1) is 12.2 Å². The van der Waals surface area contributed by atoms with E-state index < -0.39 is 29.2 Å².